The fourth-order valence-corrected chi connectivity index (χ4v) is 1.84. The first-order valence-electron chi connectivity index (χ1n) is 6.46. The maximum absolute atomic E-state index is 12.1. The smallest absolute Gasteiger partial charge is 0.311 e. The van der Waals surface area contributed by atoms with Gasteiger partial charge in [0.05, 0.1) is 23.4 Å². The molecule has 21 heavy (non-hydrogen) atoms. The van der Waals surface area contributed by atoms with Crippen molar-refractivity contribution in [1.82, 2.24) is 15.0 Å². The number of aromatic nitrogens is 3. The number of nitro groups is 1. The third kappa shape index (κ3) is 3.04. The SMILES string of the molecule is O=C(Cn1nccn1)c1ccc(OC2CC2)c([N+](=O)[O-])c1. The number of hydrogen-bond acceptors (Lipinski definition) is 6. The highest BCUT2D eigenvalue weighted by Gasteiger charge is 2.28. The Balaban J connectivity index is 1.83. The molecule has 1 aliphatic rings. The zero-order valence-electron chi connectivity index (χ0n) is 11.0. The number of ether oxygens (including phenoxy) is 1. The number of rotatable bonds is 6. The highest BCUT2D eigenvalue weighted by Crippen LogP contribution is 2.34. The lowest BCUT2D eigenvalue weighted by Gasteiger charge is -2.07. The Hall–Kier alpha value is -2.77. The molecule has 0 radical (unpaired) electrons. The van der Waals surface area contributed by atoms with Crippen LogP contribution in [0.25, 0.3) is 0 Å². The molecular formula is C13H12N4O4. The maximum atomic E-state index is 12.1. The average molecular weight is 288 g/mol. The number of ketones is 1. The highest BCUT2D eigenvalue weighted by molar-refractivity contribution is 5.96. The van der Waals surface area contributed by atoms with Crippen LogP contribution in [0.5, 0.6) is 5.75 Å². The second-order valence-electron chi connectivity index (χ2n) is 4.74. The molecule has 1 aromatic heterocycles. The van der Waals surface area contributed by atoms with E-state index in [2.05, 4.69) is 10.2 Å². The van der Waals surface area contributed by atoms with E-state index in [0.717, 1.165) is 12.8 Å². The second kappa shape index (κ2) is 5.31. The Kier molecular flexibility index (Phi) is 3.35. The lowest BCUT2D eigenvalue weighted by atomic mass is 10.1. The lowest BCUT2D eigenvalue weighted by molar-refractivity contribution is -0.386. The average Bonchev–Trinajstić information content (AvgIpc) is 3.13. The number of carbonyl (C=O) groups excluding carboxylic acids is 1. The molecule has 3 rings (SSSR count). The van der Waals surface area contributed by atoms with Gasteiger partial charge in [-0.2, -0.15) is 15.0 Å². The van der Waals surface area contributed by atoms with Gasteiger partial charge in [0.25, 0.3) is 0 Å². The van der Waals surface area contributed by atoms with E-state index in [0.29, 0.717) is 0 Å². The molecule has 1 saturated carbocycles. The molecule has 8 heteroatoms. The van der Waals surface area contributed by atoms with Gasteiger partial charge < -0.3 is 4.74 Å². The van der Waals surface area contributed by atoms with Crippen LogP contribution in [0.4, 0.5) is 5.69 Å². The van der Waals surface area contributed by atoms with Crippen molar-refractivity contribution in [3.05, 3.63) is 46.3 Å². The Bertz CT molecular complexity index is 679. The van der Waals surface area contributed by atoms with Crippen molar-refractivity contribution in [2.45, 2.75) is 25.5 Å². The quantitative estimate of drug-likeness (QED) is 0.455. The Morgan fingerprint density at radius 1 is 1.38 bits per heavy atom. The van der Waals surface area contributed by atoms with Gasteiger partial charge in [0.15, 0.2) is 11.5 Å². The Labute approximate surface area is 119 Å². The molecule has 0 unspecified atom stereocenters. The summed E-state index contributed by atoms with van der Waals surface area (Å²) in [5.74, 6) is -0.0939. The van der Waals surface area contributed by atoms with Crippen LogP contribution in [-0.2, 0) is 6.54 Å². The second-order valence-corrected chi connectivity index (χ2v) is 4.74. The van der Waals surface area contributed by atoms with E-state index in [1.807, 2.05) is 0 Å². The molecule has 0 amide bonds. The Morgan fingerprint density at radius 2 is 2.10 bits per heavy atom. The summed E-state index contributed by atoms with van der Waals surface area (Å²) in [5, 5.41) is 18.8. The van der Waals surface area contributed by atoms with Gasteiger partial charge in [-0.15, -0.1) is 0 Å². The van der Waals surface area contributed by atoms with Crippen LogP contribution in [0.3, 0.4) is 0 Å². The minimum atomic E-state index is -0.541. The molecule has 2 aromatic rings. The van der Waals surface area contributed by atoms with Gasteiger partial charge in [0.1, 0.15) is 6.54 Å². The van der Waals surface area contributed by atoms with E-state index >= 15 is 0 Å². The van der Waals surface area contributed by atoms with Crippen LogP contribution in [0.1, 0.15) is 23.2 Å². The summed E-state index contributed by atoms with van der Waals surface area (Å²) in [4.78, 5) is 23.9. The van der Waals surface area contributed by atoms with Crippen LogP contribution >= 0.6 is 0 Å². The molecule has 0 saturated heterocycles. The molecule has 0 aliphatic heterocycles. The molecule has 0 N–H and O–H groups in total. The monoisotopic (exact) mass is 288 g/mol. The number of carbonyl (C=O) groups is 1. The molecule has 1 fully saturated rings. The number of benzene rings is 1. The maximum Gasteiger partial charge on any atom is 0.311 e. The van der Waals surface area contributed by atoms with Crippen molar-refractivity contribution in [1.29, 1.82) is 0 Å². The Morgan fingerprint density at radius 3 is 2.71 bits per heavy atom. The van der Waals surface area contributed by atoms with E-state index in [4.69, 9.17) is 4.74 Å². The fourth-order valence-electron chi connectivity index (χ4n) is 1.84. The summed E-state index contributed by atoms with van der Waals surface area (Å²) in [6, 6.07) is 4.24. The van der Waals surface area contributed by atoms with Crippen molar-refractivity contribution in [3.63, 3.8) is 0 Å². The van der Waals surface area contributed by atoms with E-state index in [-0.39, 0.29) is 35.4 Å². The number of nitrogens with zero attached hydrogens (tertiary/aromatic N) is 4. The van der Waals surface area contributed by atoms with Gasteiger partial charge in [-0.25, -0.2) is 0 Å². The van der Waals surface area contributed by atoms with Gasteiger partial charge in [0.2, 0.25) is 0 Å². The van der Waals surface area contributed by atoms with Crippen molar-refractivity contribution < 1.29 is 14.5 Å². The zero-order chi connectivity index (χ0) is 14.8. The third-order valence-electron chi connectivity index (χ3n) is 3.05. The van der Waals surface area contributed by atoms with Crippen molar-refractivity contribution in [3.8, 4) is 5.75 Å². The molecule has 1 aromatic carbocycles. The number of nitro benzene ring substituents is 1. The summed E-state index contributed by atoms with van der Waals surface area (Å²) in [6.07, 6.45) is 4.79. The molecule has 1 heterocycles. The highest BCUT2D eigenvalue weighted by atomic mass is 16.6. The van der Waals surface area contributed by atoms with Gasteiger partial charge in [-0.05, 0) is 25.0 Å². The number of Topliss-reactive ketones (excluding diaryl/α,β-unsaturated/α-hetero) is 1. The van der Waals surface area contributed by atoms with E-state index in [9.17, 15) is 14.9 Å². The summed E-state index contributed by atoms with van der Waals surface area (Å²) in [7, 11) is 0. The summed E-state index contributed by atoms with van der Waals surface area (Å²) < 4.78 is 5.48. The minimum absolute atomic E-state index is 0.0542. The largest absolute Gasteiger partial charge is 0.483 e. The summed E-state index contributed by atoms with van der Waals surface area (Å²) >= 11 is 0. The molecule has 0 spiro atoms. The topological polar surface area (TPSA) is 100 Å². The zero-order valence-corrected chi connectivity index (χ0v) is 11.0. The van der Waals surface area contributed by atoms with E-state index < -0.39 is 4.92 Å². The van der Waals surface area contributed by atoms with E-state index in [1.165, 1.54) is 35.4 Å². The van der Waals surface area contributed by atoms with Crippen molar-refractivity contribution in [2.75, 3.05) is 0 Å². The first-order chi connectivity index (χ1) is 10.1. The van der Waals surface area contributed by atoms with Gasteiger partial charge in [0, 0.05) is 11.6 Å². The summed E-state index contributed by atoms with van der Waals surface area (Å²) in [5.41, 5.74) is 0.0447. The predicted octanol–water partition coefficient (Wildman–Crippen LogP) is 1.61. The van der Waals surface area contributed by atoms with Crippen LogP contribution in [-0.4, -0.2) is 31.8 Å². The molecule has 0 bridgehead atoms. The fraction of sp³-hybridized carbons (Fsp3) is 0.308. The summed E-state index contributed by atoms with van der Waals surface area (Å²) in [6.45, 7) is -0.0625. The predicted molar refractivity (Wildman–Crippen MR) is 71.1 cm³/mol. The van der Waals surface area contributed by atoms with E-state index in [1.54, 1.807) is 0 Å². The van der Waals surface area contributed by atoms with Crippen molar-refractivity contribution >= 4 is 11.5 Å². The normalized spacial score (nSPS) is 13.9. The van der Waals surface area contributed by atoms with Crippen LogP contribution in [0.15, 0.2) is 30.6 Å². The molecular weight excluding hydrogens is 276 g/mol. The standard InChI is InChI=1S/C13H12N4O4/c18-12(8-16-14-5-6-15-16)9-1-4-13(21-10-2-3-10)11(7-9)17(19)20/h1,4-7,10H,2-3,8H2. The van der Waals surface area contributed by atoms with Gasteiger partial charge >= 0.3 is 5.69 Å². The first kappa shape index (κ1) is 13.2. The van der Waals surface area contributed by atoms with Crippen LogP contribution in [0, 0.1) is 10.1 Å². The molecule has 1 aliphatic carbocycles. The number of hydrogen-bond donors (Lipinski definition) is 0. The van der Waals surface area contributed by atoms with Crippen molar-refractivity contribution in [2.24, 2.45) is 0 Å². The minimum Gasteiger partial charge on any atom is -0.483 e. The third-order valence-corrected chi connectivity index (χ3v) is 3.05. The van der Waals surface area contributed by atoms with Crippen LogP contribution < -0.4 is 4.74 Å². The molecule has 108 valence electrons. The van der Waals surface area contributed by atoms with Crippen LogP contribution in [0.2, 0.25) is 0 Å². The molecule has 0 atom stereocenters. The lowest BCUT2D eigenvalue weighted by Crippen LogP contribution is -2.13. The van der Waals surface area contributed by atoms with Gasteiger partial charge in [-0.1, -0.05) is 0 Å². The first-order valence-corrected chi connectivity index (χ1v) is 6.46. The van der Waals surface area contributed by atoms with Gasteiger partial charge in [-0.3, -0.25) is 14.9 Å². The molecule has 8 nitrogen and oxygen atoms in total.